The predicted molar refractivity (Wildman–Crippen MR) is 84.9 cm³/mol. The first-order valence-electron chi connectivity index (χ1n) is 7.20. The average Bonchev–Trinajstić information content (AvgIpc) is 2.71. The third kappa shape index (κ3) is 4.45. The standard InChI is InChI=1S/C16H22BrNO3/c1-16(2,3)21-15(20)18-13(8-9-14(18)19)10-11-4-6-12(17)7-5-11/h4-7,13-14,19H,8-10H2,1-3H3/t13-,14?/m0/s1. The number of carbonyl (C=O) groups excluding carboxylic acids is 1. The van der Waals surface area contributed by atoms with Crippen molar-refractivity contribution in [2.75, 3.05) is 0 Å². The van der Waals surface area contributed by atoms with E-state index in [0.29, 0.717) is 6.42 Å². The summed E-state index contributed by atoms with van der Waals surface area (Å²) in [6, 6.07) is 8.01. The number of carbonyl (C=O) groups is 1. The van der Waals surface area contributed by atoms with E-state index < -0.39 is 17.9 Å². The largest absolute Gasteiger partial charge is 0.444 e. The van der Waals surface area contributed by atoms with Crippen LogP contribution in [0.25, 0.3) is 0 Å². The molecule has 0 spiro atoms. The zero-order chi connectivity index (χ0) is 15.6. The molecule has 1 aromatic carbocycles. The maximum absolute atomic E-state index is 12.3. The second-order valence-corrected chi connectivity index (χ2v) is 7.35. The van der Waals surface area contributed by atoms with Gasteiger partial charge in [-0.2, -0.15) is 0 Å². The SMILES string of the molecule is CC(C)(C)OC(=O)N1C(O)CC[C@H]1Cc1ccc(Br)cc1. The molecule has 1 fully saturated rings. The number of rotatable bonds is 2. The zero-order valence-electron chi connectivity index (χ0n) is 12.7. The van der Waals surface area contributed by atoms with Crippen LogP contribution in [0.3, 0.4) is 0 Å². The van der Waals surface area contributed by atoms with Gasteiger partial charge in [-0.15, -0.1) is 0 Å². The van der Waals surface area contributed by atoms with Crippen LogP contribution in [0.4, 0.5) is 4.79 Å². The Labute approximate surface area is 134 Å². The number of hydrogen-bond acceptors (Lipinski definition) is 3. The quantitative estimate of drug-likeness (QED) is 0.879. The fourth-order valence-corrected chi connectivity index (χ4v) is 2.81. The maximum atomic E-state index is 12.3. The van der Waals surface area contributed by atoms with Gasteiger partial charge in [-0.3, -0.25) is 4.90 Å². The van der Waals surface area contributed by atoms with Crippen LogP contribution >= 0.6 is 15.9 Å². The highest BCUT2D eigenvalue weighted by atomic mass is 79.9. The Balaban J connectivity index is 2.07. The monoisotopic (exact) mass is 355 g/mol. The lowest BCUT2D eigenvalue weighted by molar-refractivity contribution is -0.0241. The van der Waals surface area contributed by atoms with Crippen LogP contribution in [0, 0.1) is 0 Å². The molecule has 21 heavy (non-hydrogen) atoms. The molecular formula is C16H22BrNO3. The molecule has 1 aromatic rings. The van der Waals surface area contributed by atoms with Gasteiger partial charge in [-0.25, -0.2) is 4.79 Å². The van der Waals surface area contributed by atoms with Gasteiger partial charge < -0.3 is 9.84 Å². The van der Waals surface area contributed by atoms with E-state index in [4.69, 9.17) is 4.74 Å². The van der Waals surface area contributed by atoms with Crippen LogP contribution in [0.2, 0.25) is 0 Å². The molecule has 116 valence electrons. The molecule has 0 radical (unpaired) electrons. The first-order valence-corrected chi connectivity index (χ1v) is 7.99. The van der Waals surface area contributed by atoms with Crippen molar-refractivity contribution in [3.05, 3.63) is 34.3 Å². The highest BCUT2D eigenvalue weighted by Gasteiger charge is 2.38. The van der Waals surface area contributed by atoms with E-state index in [2.05, 4.69) is 15.9 Å². The maximum Gasteiger partial charge on any atom is 0.412 e. The molecule has 0 bridgehead atoms. The van der Waals surface area contributed by atoms with Gasteiger partial charge in [0.1, 0.15) is 11.8 Å². The van der Waals surface area contributed by atoms with Crippen molar-refractivity contribution in [2.24, 2.45) is 0 Å². The van der Waals surface area contributed by atoms with Gasteiger partial charge in [0.2, 0.25) is 0 Å². The summed E-state index contributed by atoms with van der Waals surface area (Å²) >= 11 is 3.41. The molecule has 2 atom stereocenters. The topological polar surface area (TPSA) is 49.8 Å². The number of aliphatic hydroxyl groups is 1. The van der Waals surface area contributed by atoms with E-state index >= 15 is 0 Å². The molecule has 1 heterocycles. The summed E-state index contributed by atoms with van der Waals surface area (Å²) in [5.41, 5.74) is 0.590. The Hall–Kier alpha value is -1.07. The normalized spacial score (nSPS) is 22.4. The molecule has 1 N–H and O–H groups in total. The highest BCUT2D eigenvalue weighted by Crippen LogP contribution is 2.28. The molecule has 5 heteroatoms. The van der Waals surface area contributed by atoms with Crippen LogP contribution < -0.4 is 0 Å². The summed E-state index contributed by atoms with van der Waals surface area (Å²) in [6.07, 6.45) is 0.926. The second-order valence-electron chi connectivity index (χ2n) is 6.43. The number of amides is 1. The van der Waals surface area contributed by atoms with Gasteiger partial charge in [-0.1, -0.05) is 28.1 Å². The Bertz CT molecular complexity index is 495. The molecule has 1 saturated heterocycles. The summed E-state index contributed by atoms with van der Waals surface area (Å²) in [5.74, 6) is 0. The third-order valence-electron chi connectivity index (χ3n) is 3.46. The van der Waals surface area contributed by atoms with Crippen molar-refractivity contribution in [3.8, 4) is 0 Å². The smallest absolute Gasteiger partial charge is 0.412 e. The number of aliphatic hydroxyl groups excluding tert-OH is 1. The van der Waals surface area contributed by atoms with Crippen molar-refractivity contribution in [3.63, 3.8) is 0 Å². The highest BCUT2D eigenvalue weighted by molar-refractivity contribution is 9.10. The van der Waals surface area contributed by atoms with Gasteiger partial charge >= 0.3 is 6.09 Å². The molecule has 1 aliphatic rings. The fraction of sp³-hybridized carbons (Fsp3) is 0.562. The molecule has 1 unspecified atom stereocenters. The van der Waals surface area contributed by atoms with Gasteiger partial charge in [0.05, 0.1) is 0 Å². The van der Waals surface area contributed by atoms with Crippen LogP contribution in [0.1, 0.15) is 39.2 Å². The molecule has 1 amide bonds. The van der Waals surface area contributed by atoms with E-state index in [0.717, 1.165) is 22.9 Å². The van der Waals surface area contributed by atoms with Crippen LogP contribution in [-0.4, -0.2) is 34.0 Å². The van der Waals surface area contributed by atoms with Crippen LogP contribution in [-0.2, 0) is 11.2 Å². The summed E-state index contributed by atoms with van der Waals surface area (Å²) in [6.45, 7) is 5.49. The molecular weight excluding hydrogens is 334 g/mol. The molecule has 0 aromatic heterocycles. The van der Waals surface area contributed by atoms with E-state index in [9.17, 15) is 9.90 Å². The number of likely N-dealkylation sites (tertiary alicyclic amines) is 1. The molecule has 0 saturated carbocycles. The number of benzene rings is 1. The molecule has 0 aliphatic carbocycles. The van der Waals surface area contributed by atoms with Crippen molar-refractivity contribution < 1.29 is 14.6 Å². The fourth-order valence-electron chi connectivity index (χ4n) is 2.54. The Morgan fingerprint density at radius 2 is 1.95 bits per heavy atom. The summed E-state index contributed by atoms with van der Waals surface area (Å²) in [7, 11) is 0. The Kier molecular flexibility index (Phi) is 4.94. The predicted octanol–water partition coefficient (Wildman–Crippen LogP) is 3.71. The Morgan fingerprint density at radius 1 is 1.33 bits per heavy atom. The van der Waals surface area contributed by atoms with Crippen molar-refractivity contribution in [1.82, 2.24) is 4.90 Å². The van der Waals surface area contributed by atoms with Gasteiger partial charge in [0.25, 0.3) is 0 Å². The Morgan fingerprint density at radius 3 is 2.52 bits per heavy atom. The number of ether oxygens (including phenoxy) is 1. The van der Waals surface area contributed by atoms with E-state index in [1.807, 2.05) is 45.0 Å². The first kappa shape index (κ1) is 16.3. The van der Waals surface area contributed by atoms with Crippen molar-refractivity contribution in [1.29, 1.82) is 0 Å². The summed E-state index contributed by atoms with van der Waals surface area (Å²) in [5, 5.41) is 10.1. The average molecular weight is 356 g/mol. The van der Waals surface area contributed by atoms with E-state index in [-0.39, 0.29) is 6.04 Å². The number of nitrogens with zero attached hydrogens (tertiary/aromatic N) is 1. The number of halogens is 1. The van der Waals surface area contributed by atoms with E-state index in [1.54, 1.807) is 0 Å². The second kappa shape index (κ2) is 6.36. The molecule has 2 rings (SSSR count). The van der Waals surface area contributed by atoms with Crippen molar-refractivity contribution >= 4 is 22.0 Å². The van der Waals surface area contributed by atoms with E-state index in [1.165, 1.54) is 4.90 Å². The molecule has 4 nitrogen and oxygen atoms in total. The zero-order valence-corrected chi connectivity index (χ0v) is 14.3. The van der Waals surface area contributed by atoms with Gasteiger partial charge in [0.15, 0.2) is 0 Å². The minimum Gasteiger partial charge on any atom is -0.444 e. The first-order chi connectivity index (χ1) is 9.76. The van der Waals surface area contributed by atoms with Gasteiger partial charge in [-0.05, 0) is 57.7 Å². The van der Waals surface area contributed by atoms with Gasteiger partial charge in [0, 0.05) is 10.5 Å². The molecule has 1 aliphatic heterocycles. The van der Waals surface area contributed by atoms with Crippen LogP contribution in [0.15, 0.2) is 28.7 Å². The lowest BCUT2D eigenvalue weighted by Crippen LogP contribution is -2.44. The lowest BCUT2D eigenvalue weighted by atomic mass is 10.0. The summed E-state index contributed by atoms with van der Waals surface area (Å²) in [4.78, 5) is 13.7. The minimum atomic E-state index is -0.750. The minimum absolute atomic E-state index is 0.0176. The lowest BCUT2D eigenvalue weighted by Gasteiger charge is -2.30. The third-order valence-corrected chi connectivity index (χ3v) is 3.99. The van der Waals surface area contributed by atoms with Crippen molar-refractivity contribution in [2.45, 2.75) is 57.9 Å². The summed E-state index contributed by atoms with van der Waals surface area (Å²) < 4.78 is 6.43. The number of hydrogen-bond donors (Lipinski definition) is 1. The van der Waals surface area contributed by atoms with Crippen LogP contribution in [0.5, 0.6) is 0 Å².